The number of ether oxygens (including phenoxy) is 1. The van der Waals surface area contributed by atoms with Gasteiger partial charge in [-0.2, -0.15) is 0 Å². The number of aliphatic hydroxyl groups is 3. The lowest BCUT2D eigenvalue weighted by atomic mass is 9.45. The van der Waals surface area contributed by atoms with Crippen molar-refractivity contribution >= 4 is 29.4 Å². The fourth-order valence-electron chi connectivity index (χ4n) is 8.34. The summed E-state index contributed by atoms with van der Waals surface area (Å²) in [4.78, 5) is 60.8. The number of carboxylic acid groups (broad SMARTS) is 1. The van der Waals surface area contributed by atoms with Crippen molar-refractivity contribution in [2.24, 2.45) is 28.6 Å². The molecule has 0 aromatic rings. The van der Waals surface area contributed by atoms with E-state index in [9.17, 15) is 39.3 Å². The number of amides is 1. The number of carboxylic acids is 1. The van der Waals surface area contributed by atoms with Gasteiger partial charge in [0.1, 0.15) is 5.60 Å². The molecule has 3 saturated carbocycles. The van der Waals surface area contributed by atoms with Gasteiger partial charge in [-0.25, -0.2) is 4.79 Å². The third kappa shape index (κ3) is 5.12. The number of Topliss-reactive ketones (excluding diaryl/α,β-unsaturated/α-hetero) is 1. The summed E-state index contributed by atoms with van der Waals surface area (Å²) >= 11 is 0. The lowest BCUT2D eigenvalue weighted by molar-refractivity contribution is -0.184. The molecule has 0 unspecified atom stereocenters. The SMILES string of the molecule is C[C@H](O)[C@@H](NC(=O)CCC(=O)OCC(=O)[C@]1(O)CC[C@H]2[C@@H]3CCC4=CC(=O)CC[C@]4(C)[C@H]3[C@H](O)C[C@@]21C)C(=O)O. The topological polar surface area (TPSA) is 188 Å². The Balaban J connectivity index is 1.38. The van der Waals surface area contributed by atoms with E-state index in [0.717, 1.165) is 18.4 Å². The summed E-state index contributed by atoms with van der Waals surface area (Å²) in [5.41, 5.74) is -1.88. The van der Waals surface area contributed by atoms with Crippen molar-refractivity contribution in [1.82, 2.24) is 5.32 Å². The van der Waals surface area contributed by atoms with Gasteiger partial charge in [0.2, 0.25) is 11.7 Å². The molecule has 11 nitrogen and oxygen atoms in total. The van der Waals surface area contributed by atoms with E-state index in [0.29, 0.717) is 19.3 Å². The highest BCUT2D eigenvalue weighted by Gasteiger charge is 2.68. The molecule has 4 aliphatic carbocycles. The summed E-state index contributed by atoms with van der Waals surface area (Å²) in [6.45, 7) is 4.51. The molecule has 0 aromatic carbocycles. The maximum atomic E-state index is 13.3. The van der Waals surface area contributed by atoms with Crippen LogP contribution in [0.5, 0.6) is 0 Å². The first-order valence-electron chi connectivity index (χ1n) is 14.2. The highest BCUT2D eigenvalue weighted by molar-refractivity contribution is 5.92. The molecular formula is C29H41NO10. The van der Waals surface area contributed by atoms with Crippen molar-refractivity contribution in [2.45, 2.75) is 102 Å². The molecule has 0 spiro atoms. The Hall–Kier alpha value is -2.63. The Labute approximate surface area is 233 Å². The highest BCUT2D eigenvalue weighted by atomic mass is 16.5. The third-order valence-electron chi connectivity index (χ3n) is 10.5. The molecule has 0 saturated heterocycles. The number of carbonyl (C=O) groups excluding carboxylic acids is 4. The van der Waals surface area contributed by atoms with Gasteiger partial charge in [0.05, 0.1) is 18.6 Å². The van der Waals surface area contributed by atoms with Crippen LogP contribution in [0, 0.1) is 28.6 Å². The first kappa shape index (κ1) is 30.3. The molecule has 3 fully saturated rings. The Bertz CT molecular complexity index is 1120. The third-order valence-corrected chi connectivity index (χ3v) is 10.5. The quantitative estimate of drug-likeness (QED) is 0.254. The molecule has 5 N–H and O–H groups in total. The predicted molar refractivity (Wildman–Crippen MR) is 139 cm³/mol. The standard InChI is InChI=1S/C29H41NO10/c1-15(31)25(26(37)38)30-22(35)6-7-23(36)40-14-21(34)29(39)11-9-19-18-5-4-16-12-17(32)8-10-27(16,2)24(18)20(33)13-28(19,29)3/h12,15,18-20,24-25,31,33,39H,4-11,13-14H2,1-3H3,(H,30,35)(H,37,38)/t15-,18-,19-,20+,24+,25+,27-,28-,29+/m0/s1. The first-order chi connectivity index (χ1) is 18.6. The number of rotatable bonds is 9. The van der Waals surface area contributed by atoms with Crippen molar-refractivity contribution < 1.29 is 49.1 Å². The second-order valence-corrected chi connectivity index (χ2v) is 12.7. The van der Waals surface area contributed by atoms with Crippen LogP contribution in [-0.4, -0.2) is 80.3 Å². The minimum Gasteiger partial charge on any atom is -0.480 e. The fourth-order valence-corrected chi connectivity index (χ4v) is 8.34. The van der Waals surface area contributed by atoms with Crippen molar-refractivity contribution in [1.29, 1.82) is 0 Å². The van der Waals surface area contributed by atoms with Crippen LogP contribution in [0.25, 0.3) is 0 Å². The Morgan fingerprint density at radius 1 is 1.12 bits per heavy atom. The molecule has 0 aromatic heterocycles. The number of allylic oxidation sites excluding steroid dienone is 1. The van der Waals surface area contributed by atoms with Gasteiger partial charge in [-0.1, -0.05) is 19.4 Å². The van der Waals surface area contributed by atoms with E-state index in [4.69, 9.17) is 9.84 Å². The van der Waals surface area contributed by atoms with Crippen LogP contribution in [0.1, 0.15) is 78.6 Å². The molecule has 4 rings (SSSR count). The molecule has 9 atom stereocenters. The summed E-state index contributed by atoms with van der Waals surface area (Å²) in [6.07, 6.45) is 2.53. The van der Waals surface area contributed by atoms with Crippen molar-refractivity contribution in [3.05, 3.63) is 11.6 Å². The maximum Gasteiger partial charge on any atom is 0.328 e. The van der Waals surface area contributed by atoms with E-state index in [2.05, 4.69) is 12.2 Å². The molecule has 4 aliphatic rings. The monoisotopic (exact) mass is 563 g/mol. The smallest absolute Gasteiger partial charge is 0.328 e. The van der Waals surface area contributed by atoms with Gasteiger partial charge < -0.3 is 30.5 Å². The minimum atomic E-state index is -1.78. The minimum absolute atomic E-state index is 0.0126. The van der Waals surface area contributed by atoms with Crippen LogP contribution in [0.2, 0.25) is 0 Å². The summed E-state index contributed by atoms with van der Waals surface area (Å²) in [5.74, 6) is -3.55. The van der Waals surface area contributed by atoms with Crippen LogP contribution in [0.4, 0.5) is 0 Å². The average Bonchev–Trinajstić information content (AvgIpc) is 3.15. The van der Waals surface area contributed by atoms with Crippen molar-refractivity contribution in [3.63, 3.8) is 0 Å². The molecule has 0 bridgehead atoms. The van der Waals surface area contributed by atoms with Crippen LogP contribution in [0.15, 0.2) is 11.6 Å². The number of carbonyl (C=O) groups is 5. The van der Waals surface area contributed by atoms with E-state index >= 15 is 0 Å². The summed E-state index contributed by atoms with van der Waals surface area (Å²) in [7, 11) is 0. The Morgan fingerprint density at radius 2 is 1.82 bits per heavy atom. The number of hydrogen-bond acceptors (Lipinski definition) is 9. The van der Waals surface area contributed by atoms with Gasteiger partial charge in [0.15, 0.2) is 18.4 Å². The molecule has 40 heavy (non-hydrogen) atoms. The number of esters is 1. The second kappa shape index (κ2) is 11.0. The van der Waals surface area contributed by atoms with E-state index in [-0.39, 0.29) is 41.8 Å². The zero-order chi connectivity index (χ0) is 29.6. The van der Waals surface area contributed by atoms with Crippen LogP contribution in [-0.2, 0) is 28.7 Å². The van der Waals surface area contributed by atoms with Crippen LogP contribution < -0.4 is 5.32 Å². The second-order valence-electron chi connectivity index (χ2n) is 12.7. The zero-order valence-corrected chi connectivity index (χ0v) is 23.4. The van der Waals surface area contributed by atoms with E-state index < -0.39 is 72.3 Å². The lowest BCUT2D eigenvalue weighted by Gasteiger charge is -2.60. The van der Waals surface area contributed by atoms with Crippen molar-refractivity contribution in [3.8, 4) is 0 Å². The summed E-state index contributed by atoms with van der Waals surface area (Å²) < 4.78 is 5.09. The molecule has 0 radical (unpaired) electrons. The van der Waals surface area contributed by atoms with Gasteiger partial charge in [-0.05, 0) is 74.7 Å². The maximum absolute atomic E-state index is 13.3. The van der Waals surface area contributed by atoms with E-state index in [1.165, 1.54) is 6.92 Å². The number of aliphatic hydroxyl groups excluding tert-OH is 2. The molecule has 0 aliphatic heterocycles. The van der Waals surface area contributed by atoms with Gasteiger partial charge in [0, 0.05) is 18.3 Å². The van der Waals surface area contributed by atoms with Gasteiger partial charge in [-0.15, -0.1) is 0 Å². The lowest BCUT2D eigenvalue weighted by Crippen LogP contribution is -2.62. The summed E-state index contributed by atoms with van der Waals surface area (Å²) in [6, 6.07) is -1.52. The predicted octanol–water partition coefficient (Wildman–Crippen LogP) is 1.06. The van der Waals surface area contributed by atoms with Crippen LogP contribution in [0.3, 0.4) is 0 Å². The zero-order valence-electron chi connectivity index (χ0n) is 23.4. The number of fused-ring (bicyclic) bond motifs is 5. The van der Waals surface area contributed by atoms with Crippen molar-refractivity contribution in [2.75, 3.05) is 6.61 Å². The molecule has 0 heterocycles. The van der Waals surface area contributed by atoms with Gasteiger partial charge in [0.25, 0.3) is 0 Å². The Kier molecular flexibility index (Phi) is 8.33. The van der Waals surface area contributed by atoms with Gasteiger partial charge in [-0.3, -0.25) is 19.2 Å². The van der Waals surface area contributed by atoms with Gasteiger partial charge >= 0.3 is 11.9 Å². The van der Waals surface area contributed by atoms with E-state index in [1.54, 1.807) is 6.08 Å². The molecular weight excluding hydrogens is 522 g/mol. The molecule has 222 valence electrons. The average molecular weight is 564 g/mol. The van der Waals surface area contributed by atoms with E-state index in [1.807, 2.05) is 6.92 Å². The number of nitrogens with one attached hydrogen (secondary N) is 1. The molecule has 1 amide bonds. The number of hydrogen-bond donors (Lipinski definition) is 5. The molecule has 11 heteroatoms. The number of ketones is 2. The summed E-state index contributed by atoms with van der Waals surface area (Å²) in [5, 5.41) is 43.8. The highest BCUT2D eigenvalue weighted by Crippen LogP contribution is 2.67. The Morgan fingerprint density at radius 3 is 2.48 bits per heavy atom. The number of aliphatic carboxylic acids is 1. The first-order valence-corrected chi connectivity index (χ1v) is 14.2. The van der Waals surface area contributed by atoms with Crippen LogP contribution >= 0.6 is 0 Å². The normalized spacial score (nSPS) is 38.1. The largest absolute Gasteiger partial charge is 0.480 e. The fraction of sp³-hybridized carbons (Fsp3) is 0.759.